The standard InChI is InChI=1S/C14H24N4O2/c1-4-10(5-2)18-12(15)11(14(19)20-3)13(17-18)16-8-9-6-7-9/h9-10H,4-8,15H2,1-3H3,(H,16,17). The van der Waals surface area contributed by atoms with Crippen molar-refractivity contribution >= 4 is 17.6 Å². The fourth-order valence-corrected chi connectivity index (χ4v) is 2.35. The van der Waals surface area contributed by atoms with Crippen molar-refractivity contribution < 1.29 is 9.53 Å². The average Bonchev–Trinajstić information content (AvgIpc) is 3.23. The summed E-state index contributed by atoms with van der Waals surface area (Å²) in [6.07, 6.45) is 4.32. The van der Waals surface area contributed by atoms with E-state index in [1.54, 1.807) is 4.68 Å². The molecule has 1 fully saturated rings. The van der Waals surface area contributed by atoms with Gasteiger partial charge < -0.3 is 15.8 Å². The molecule has 2 rings (SSSR count). The van der Waals surface area contributed by atoms with Crippen LogP contribution in [0.5, 0.6) is 0 Å². The number of hydrogen-bond acceptors (Lipinski definition) is 5. The molecule has 1 aromatic rings. The Morgan fingerprint density at radius 2 is 2.15 bits per heavy atom. The lowest BCUT2D eigenvalue weighted by Crippen LogP contribution is -2.13. The van der Waals surface area contributed by atoms with Crippen LogP contribution in [0, 0.1) is 5.92 Å². The minimum atomic E-state index is -0.432. The van der Waals surface area contributed by atoms with Crippen LogP contribution in [0.4, 0.5) is 11.6 Å². The first-order valence-electron chi connectivity index (χ1n) is 7.32. The van der Waals surface area contributed by atoms with Crippen LogP contribution >= 0.6 is 0 Å². The number of aromatic nitrogens is 2. The number of nitrogens with zero attached hydrogens (tertiary/aromatic N) is 2. The summed E-state index contributed by atoms with van der Waals surface area (Å²) in [5.41, 5.74) is 6.48. The summed E-state index contributed by atoms with van der Waals surface area (Å²) in [7, 11) is 1.36. The van der Waals surface area contributed by atoms with E-state index in [9.17, 15) is 4.79 Å². The summed E-state index contributed by atoms with van der Waals surface area (Å²) in [4.78, 5) is 11.9. The summed E-state index contributed by atoms with van der Waals surface area (Å²) in [5.74, 6) is 1.20. The molecule has 6 heteroatoms. The Morgan fingerprint density at radius 1 is 1.50 bits per heavy atom. The van der Waals surface area contributed by atoms with Gasteiger partial charge in [0.1, 0.15) is 11.4 Å². The van der Waals surface area contributed by atoms with Gasteiger partial charge in [-0.25, -0.2) is 9.48 Å². The van der Waals surface area contributed by atoms with Crippen molar-refractivity contribution in [3.8, 4) is 0 Å². The molecule has 1 aliphatic rings. The van der Waals surface area contributed by atoms with Gasteiger partial charge in [-0.15, -0.1) is 0 Å². The number of esters is 1. The first-order chi connectivity index (χ1) is 9.62. The molecular formula is C14H24N4O2. The zero-order chi connectivity index (χ0) is 14.7. The number of rotatable bonds is 7. The molecule has 0 aromatic carbocycles. The molecule has 1 heterocycles. The summed E-state index contributed by atoms with van der Waals surface area (Å²) in [6, 6.07) is 0.204. The fraction of sp³-hybridized carbons (Fsp3) is 0.714. The predicted molar refractivity (Wildman–Crippen MR) is 78.8 cm³/mol. The van der Waals surface area contributed by atoms with E-state index in [0.29, 0.717) is 23.1 Å². The molecule has 0 radical (unpaired) electrons. The topological polar surface area (TPSA) is 82.2 Å². The van der Waals surface area contributed by atoms with Crippen LogP contribution in [0.2, 0.25) is 0 Å². The third-order valence-electron chi connectivity index (χ3n) is 3.88. The van der Waals surface area contributed by atoms with E-state index >= 15 is 0 Å². The molecule has 3 N–H and O–H groups in total. The summed E-state index contributed by atoms with van der Waals surface area (Å²) < 4.78 is 6.58. The molecule has 1 aliphatic carbocycles. The van der Waals surface area contributed by atoms with Gasteiger partial charge in [0.2, 0.25) is 0 Å². The number of hydrogen-bond donors (Lipinski definition) is 2. The van der Waals surface area contributed by atoms with Gasteiger partial charge in [0, 0.05) is 6.54 Å². The van der Waals surface area contributed by atoms with Crippen LogP contribution in [0.3, 0.4) is 0 Å². The third-order valence-corrected chi connectivity index (χ3v) is 3.88. The van der Waals surface area contributed by atoms with Crippen molar-refractivity contribution in [2.75, 3.05) is 24.7 Å². The molecule has 1 aromatic heterocycles. The highest BCUT2D eigenvalue weighted by molar-refractivity contribution is 5.99. The summed E-state index contributed by atoms with van der Waals surface area (Å²) in [5, 5.41) is 7.74. The van der Waals surface area contributed by atoms with Crippen molar-refractivity contribution in [1.82, 2.24) is 9.78 Å². The van der Waals surface area contributed by atoms with E-state index in [1.807, 2.05) is 0 Å². The van der Waals surface area contributed by atoms with E-state index in [-0.39, 0.29) is 6.04 Å². The quantitative estimate of drug-likeness (QED) is 0.750. The van der Waals surface area contributed by atoms with Gasteiger partial charge in [0.05, 0.1) is 13.2 Å². The van der Waals surface area contributed by atoms with E-state index in [2.05, 4.69) is 24.3 Å². The van der Waals surface area contributed by atoms with E-state index in [1.165, 1.54) is 20.0 Å². The molecule has 0 spiro atoms. The maximum absolute atomic E-state index is 11.9. The second-order valence-electron chi connectivity index (χ2n) is 5.34. The van der Waals surface area contributed by atoms with Crippen LogP contribution in [0.1, 0.15) is 55.9 Å². The van der Waals surface area contributed by atoms with Crippen LogP contribution in [-0.2, 0) is 4.74 Å². The lowest BCUT2D eigenvalue weighted by atomic mass is 10.2. The molecule has 6 nitrogen and oxygen atoms in total. The smallest absolute Gasteiger partial charge is 0.345 e. The van der Waals surface area contributed by atoms with Crippen molar-refractivity contribution in [3.63, 3.8) is 0 Å². The summed E-state index contributed by atoms with van der Waals surface area (Å²) in [6.45, 7) is 5.01. The number of carbonyl (C=O) groups is 1. The minimum Gasteiger partial charge on any atom is -0.465 e. The number of ether oxygens (including phenoxy) is 1. The molecule has 0 atom stereocenters. The first kappa shape index (κ1) is 14.7. The summed E-state index contributed by atoms with van der Waals surface area (Å²) >= 11 is 0. The molecule has 1 saturated carbocycles. The Labute approximate surface area is 119 Å². The molecule has 0 unspecified atom stereocenters. The first-order valence-corrected chi connectivity index (χ1v) is 7.32. The van der Waals surface area contributed by atoms with Gasteiger partial charge in [-0.05, 0) is 31.6 Å². The normalized spacial score (nSPS) is 14.6. The van der Waals surface area contributed by atoms with Crippen molar-refractivity contribution in [3.05, 3.63) is 5.56 Å². The van der Waals surface area contributed by atoms with Gasteiger partial charge in [-0.1, -0.05) is 13.8 Å². The lowest BCUT2D eigenvalue weighted by molar-refractivity contribution is 0.0603. The lowest BCUT2D eigenvalue weighted by Gasteiger charge is -2.14. The number of anilines is 2. The molecule has 112 valence electrons. The largest absolute Gasteiger partial charge is 0.465 e. The van der Waals surface area contributed by atoms with Crippen LogP contribution in [-0.4, -0.2) is 29.4 Å². The minimum absolute atomic E-state index is 0.204. The molecule has 20 heavy (non-hydrogen) atoms. The zero-order valence-corrected chi connectivity index (χ0v) is 12.5. The highest BCUT2D eigenvalue weighted by Crippen LogP contribution is 2.32. The highest BCUT2D eigenvalue weighted by Gasteiger charge is 2.27. The van der Waals surface area contributed by atoms with Crippen LogP contribution < -0.4 is 11.1 Å². The number of nitrogen functional groups attached to an aromatic ring is 1. The highest BCUT2D eigenvalue weighted by atomic mass is 16.5. The number of nitrogens with two attached hydrogens (primary N) is 1. The van der Waals surface area contributed by atoms with Gasteiger partial charge in [0.25, 0.3) is 0 Å². The van der Waals surface area contributed by atoms with Gasteiger partial charge in [-0.3, -0.25) is 0 Å². The molecule has 0 saturated heterocycles. The van der Waals surface area contributed by atoms with E-state index in [0.717, 1.165) is 19.4 Å². The van der Waals surface area contributed by atoms with Crippen molar-refractivity contribution in [2.24, 2.45) is 5.92 Å². The maximum atomic E-state index is 11.9. The Morgan fingerprint density at radius 3 is 2.65 bits per heavy atom. The zero-order valence-electron chi connectivity index (χ0n) is 12.5. The Kier molecular flexibility index (Phi) is 4.52. The Hall–Kier alpha value is -1.72. The second kappa shape index (κ2) is 6.15. The average molecular weight is 280 g/mol. The molecule has 0 aliphatic heterocycles. The van der Waals surface area contributed by atoms with Crippen molar-refractivity contribution in [1.29, 1.82) is 0 Å². The molecule has 0 bridgehead atoms. The maximum Gasteiger partial charge on any atom is 0.345 e. The van der Waals surface area contributed by atoms with E-state index in [4.69, 9.17) is 10.5 Å². The van der Waals surface area contributed by atoms with Crippen LogP contribution in [0.25, 0.3) is 0 Å². The van der Waals surface area contributed by atoms with Crippen LogP contribution in [0.15, 0.2) is 0 Å². The Bertz CT molecular complexity index is 476. The van der Waals surface area contributed by atoms with Gasteiger partial charge >= 0.3 is 5.97 Å². The Balaban J connectivity index is 2.30. The molecular weight excluding hydrogens is 256 g/mol. The van der Waals surface area contributed by atoms with Gasteiger partial charge in [0.15, 0.2) is 5.82 Å². The third kappa shape index (κ3) is 2.89. The fourth-order valence-electron chi connectivity index (χ4n) is 2.35. The SMILES string of the molecule is CCC(CC)n1nc(NCC2CC2)c(C(=O)OC)c1N. The number of methoxy groups -OCH3 is 1. The number of nitrogens with one attached hydrogen (secondary N) is 1. The van der Waals surface area contributed by atoms with Crippen molar-refractivity contribution in [2.45, 2.75) is 45.6 Å². The predicted octanol–water partition coefficient (Wildman–Crippen LogP) is 2.43. The number of carbonyl (C=O) groups excluding carboxylic acids is 1. The second-order valence-corrected chi connectivity index (χ2v) is 5.34. The van der Waals surface area contributed by atoms with Gasteiger partial charge in [-0.2, -0.15) is 5.10 Å². The van der Waals surface area contributed by atoms with E-state index < -0.39 is 5.97 Å². The monoisotopic (exact) mass is 280 g/mol. The molecule has 0 amide bonds.